The molecule has 1 N–H and O–H groups in total. The number of hydrogen-bond donors (Lipinski definition) is 1. The van der Waals surface area contributed by atoms with E-state index in [1.165, 1.54) is 33.9 Å². The van der Waals surface area contributed by atoms with Crippen molar-refractivity contribution in [2.45, 2.75) is 13.8 Å². The molecule has 0 fully saturated rings. The highest BCUT2D eigenvalue weighted by Gasteiger charge is 2.18. The molecule has 2 aromatic heterocycles. The highest BCUT2D eigenvalue weighted by atomic mass is 32.1. The Hall–Kier alpha value is -3.20. The third-order valence-corrected chi connectivity index (χ3v) is 4.60. The van der Waals surface area contributed by atoms with Crippen LogP contribution in [-0.4, -0.2) is 24.4 Å². The Morgan fingerprint density at radius 3 is 2.56 bits per heavy atom. The maximum absolute atomic E-state index is 14.0. The molecule has 0 aliphatic heterocycles. The molecule has 0 saturated carbocycles. The minimum atomic E-state index is -0.720. The van der Waals surface area contributed by atoms with Crippen molar-refractivity contribution in [1.29, 1.82) is 0 Å². The van der Waals surface area contributed by atoms with E-state index < -0.39 is 11.6 Å². The van der Waals surface area contributed by atoms with Crippen molar-refractivity contribution in [3.05, 3.63) is 65.4 Å². The quantitative estimate of drug-likeness (QED) is 0.564. The molecule has 0 amide bonds. The predicted octanol–water partition coefficient (Wildman–Crippen LogP) is 4.42. The molecule has 136 valence electrons. The Labute approximate surface area is 157 Å². The van der Waals surface area contributed by atoms with Crippen molar-refractivity contribution in [1.82, 2.24) is 24.4 Å². The Bertz CT molecular complexity index is 1100. The average molecular weight is 384 g/mol. The lowest BCUT2D eigenvalue weighted by Gasteiger charge is -2.04. The summed E-state index contributed by atoms with van der Waals surface area (Å²) in [6, 6.07) is 11.2. The molecule has 4 aromatic rings. The zero-order valence-corrected chi connectivity index (χ0v) is 15.3. The van der Waals surface area contributed by atoms with Gasteiger partial charge in [0, 0.05) is 23.3 Å². The first-order chi connectivity index (χ1) is 13.0. The summed E-state index contributed by atoms with van der Waals surface area (Å²) in [7, 11) is 0. The molecule has 0 bridgehead atoms. The summed E-state index contributed by atoms with van der Waals surface area (Å²) in [5.74, 6) is -0.981. The Kier molecular flexibility index (Phi) is 4.36. The van der Waals surface area contributed by atoms with Crippen molar-refractivity contribution in [2.75, 3.05) is 5.32 Å². The molecule has 0 radical (unpaired) electrons. The smallest absolute Gasteiger partial charge is 0.207 e. The lowest BCUT2D eigenvalue weighted by molar-refractivity contribution is 0.570. The van der Waals surface area contributed by atoms with E-state index in [0.717, 1.165) is 11.8 Å². The van der Waals surface area contributed by atoms with Gasteiger partial charge in [-0.05, 0) is 38.1 Å². The number of aromatic nitrogens is 5. The lowest BCUT2D eigenvalue weighted by Crippen LogP contribution is -2.02. The molecule has 0 aliphatic rings. The number of aryl methyl sites for hydroxylation is 1. The molecule has 4 rings (SSSR count). The second kappa shape index (κ2) is 6.84. The van der Waals surface area contributed by atoms with Gasteiger partial charge in [-0.25, -0.2) is 13.5 Å². The van der Waals surface area contributed by atoms with Gasteiger partial charge >= 0.3 is 0 Å². The maximum Gasteiger partial charge on any atom is 0.207 e. The first kappa shape index (κ1) is 17.2. The SMILES string of the molecule is Cc1ccc(Nc2nc(-c3nnn(-c4ccc(F)cc4F)c3C)ns2)cc1. The summed E-state index contributed by atoms with van der Waals surface area (Å²) in [6.45, 7) is 3.75. The number of rotatable bonds is 4. The average Bonchev–Trinajstić information content (AvgIpc) is 3.24. The van der Waals surface area contributed by atoms with Gasteiger partial charge in [-0.1, -0.05) is 22.9 Å². The third-order valence-electron chi connectivity index (χ3n) is 3.97. The number of nitrogens with zero attached hydrogens (tertiary/aromatic N) is 5. The summed E-state index contributed by atoms with van der Waals surface area (Å²) < 4.78 is 32.8. The van der Waals surface area contributed by atoms with Gasteiger partial charge in [0.1, 0.15) is 11.5 Å². The van der Waals surface area contributed by atoms with E-state index in [1.807, 2.05) is 31.2 Å². The number of anilines is 2. The zero-order valence-electron chi connectivity index (χ0n) is 14.4. The fraction of sp³-hybridized carbons (Fsp3) is 0.111. The van der Waals surface area contributed by atoms with Gasteiger partial charge in [0.2, 0.25) is 5.13 Å². The first-order valence-electron chi connectivity index (χ1n) is 8.07. The highest BCUT2D eigenvalue weighted by Crippen LogP contribution is 2.26. The van der Waals surface area contributed by atoms with E-state index in [0.29, 0.717) is 22.3 Å². The largest absolute Gasteiger partial charge is 0.330 e. The van der Waals surface area contributed by atoms with Crippen LogP contribution in [0.3, 0.4) is 0 Å². The van der Waals surface area contributed by atoms with Gasteiger partial charge in [0.15, 0.2) is 17.3 Å². The minimum Gasteiger partial charge on any atom is -0.330 e. The molecule has 0 spiro atoms. The first-order valence-corrected chi connectivity index (χ1v) is 8.84. The topological polar surface area (TPSA) is 68.5 Å². The predicted molar refractivity (Wildman–Crippen MR) is 99.4 cm³/mol. The van der Waals surface area contributed by atoms with Crippen LogP contribution in [0.25, 0.3) is 17.2 Å². The van der Waals surface area contributed by atoms with Crippen molar-refractivity contribution in [3.63, 3.8) is 0 Å². The van der Waals surface area contributed by atoms with E-state index in [2.05, 4.69) is 25.0 Å². The number of benzene rings is 2. The van der Waals surface area contributed by atoms with Crippen molar-refractivity contribution < 1.29 is 8.78 Å². The van der Waals surface area contributed by atoms with Crippen LogP contribution in [0.2, 0.25) is 0 Å². The van der Waals surface area contributed by atoms with Crippen LogP contribution in [-0.2, 0) is 0 Å². The molecular weight excluding hydrogens is 370 g/mol. The molecule has 9 heteroatoms. The van der Waals surface area contributed by atoms with Gasteiger partial charge in [-0.3, -0.25) is 0 Å². The third kappa shape index (κ3) is 3.41. The summed E-state index contributed by atoms with van der Waals surface area (Å²) in [6.07, 6.45) is 0. The minimum absolute atomic E-state index is 0.112. The van der Waals surface area contributed by atoms with Crippen molar-refractivity contribution in [3.8, 4) is 17.2 Å². The molecular formula is C18H14F2N6S. The lowest BCUT2D eigenvalue weighted by atomic mass is 10.2. The van der Waals surface area contributed by atoms with Crippen molar-refractivity contribution >= 4 is 22.4 Å². The number of hydrogen-bond acceptors (Lipinski definition) is 6. The second-order valence-electron chi connectivity index (χ2n) is 5.95. The fourth-order valence-electron chi connectivity index (χ4n) is 2.55. The molecule has 2 aromatic carbocycles. The molecule has 0 atom stereocenters. The van der Waals surface area contributed by atoms with Gasteiger partial charge in [-0.2, -0.15) is 9.36 Å². The van der Waals surface area contributed by atoms with E-state index in [4.69, 9.17) is 0 Å². The van der Waals surface area contributed by atoms with Crippen LogP contribution in [0, 0.1) is 25.5 Å². The summed E-state index contributed by atoms with van der Waals surface area (Å²) in [5, 5.41) is 11.8. The molecule has 0 unspecified atom stereocenters. The number of halogens is 2. The molecule has 0 aliphatic carbocycles. The molecule has 27 heavy (non-hydrogen) atoms. The van der Waals surface area contributed by atoms with Crippen LogP contribution in [0.1, 0.15) is 11.3 Å². The molecule has 6 nitrogen and oxygen atoms in total. The molecule has 2 heterocycles. The second-order valence-corrected chi connectivity index (χ2v) is 6.70. The van der Waals surface area contributed by atoms with Gasteiger partial charge < -0.3 is 5.32 Å². The van der Waals surface area contributed by atoms with Gasteiger partial charge in [0.25, 0.3) is 0 Å². The van der Waals surface area contributed by atoms with Gasteiger partial charge in [-0.15, -0.1) is 5.10 Å². The zero-order chi connectivity index (χ0) is 19.0. The number of nitrogens with one attached hydrogen (secondary N) is 1. The Balaban J connectivity index is 1.62. The van der Waals surface area contributed by atoms with E-state index >= 15 is 0 Å². The fourth-order valence-corrected chi connectivity index (χ4v) is 3.14. The summed E-state index contributed by atoms with van der Waals surface area (Å²) in [4.78, 5) is 4.43. The van der Waals surface area contributed by atoms with E-state index in [9.17, 15) is 8.78 Å². The Morgan fingerprint density at radius 1 is 1.04 bits per heavy atom. The monoisotopic (exact) mass is 384 g/mol. The van der Waals surface area contributed by atoms with Crippen LogP contribution in [0.5, 0.6) is 0 Å². The van der Waals surface area contributed by atoms with Crippen LogP contribution >= 0.6 is 11.5 Å². The van der Waals surface area contributed by atoms with Crippen LogP contribution in [0.15, 0.2) is 42.5 Å². The van der Waals surface area contributed by atoms with Crippen LogP contribution < -0.4 is 5.32 Å². The maximum atomic E-state index is 14.0. The Morgan fingerprint density at radius 2 is 1.81 bits per heavy atom. The molecule has 0 saturated heterocycles. The van der Waals surface area contributed by atoms with Crippen LogP contribution in [0.4, 0.5) is 19.6 Å². The van der Waals surface area contributed by atoms with E-state index in [1.54, 1.807) is 6.92 Å². The highest BCUT2D eigenvalue weighted by molar-refractivity contribution is 7.09. The van der Waals surface area contributed by atoms with Gasteiger partial charge in [0.05, 0.1) is 5.69 Å². The standard InChI is InChI=1S/C18H14F2N6S/c1-10-3-6-13(7-4-10)21-18-22-17(24-27-18)16-11(2)26(25-23-16)15-8-5-12(19)9-14(15)20/h3-9H,1-2H3,(H,21,22,24). The van der Waals surface area contributed by atoms with Crippen molar-refractivity contribution in [2.24, 2.45) is 0 Å². The summed E-state index contributed by atoms with van der Waals surface area (Å²) >= 11 is 1.19. The van der Waals surface area contributed by atoms with E-state index in [-0.39, 0.29) is 5.69 Å². The normalized spacial score (nSPS) is 11.0. The summed E-state index contributed by atoms with van der Waals surface area (Å²) in [5.41, 5.74) is 3.17.